The Balaban J connectivity index is 2.10. The predicted molar refractivity (Wildman–Crippen MR) is 115 cm³/mol. The van der Waals surface area contributed by atoms with Gasteiger partial charge in [0.1, 0.15) is 30.6 Å². The Labute approximate surface area is 191 Å². The fourth-order valence-electron chi connectivity index (χ4n) is 3.32. The molecule has 1 aromatic rings. The first kappa shape index (κ1) is 25.6. The van der Waals surface area contributed by atoms with Gasteiger partial charge in [-0.25, -0.2) is 14.4 Å². The number of alkyl carbamates (subject to hydrolysis) is 2. The van der Waals surface area contributed by atoms with E-state index in [0.29, 0.717) is 6.29 Å². The van der Waals surface area contributed by atoms with E-state index in [0.717, 1.165) is 10.5 Å². The number of aliphatic carboxylic acids is 1. The van der Waals surface area contributed by atoms with E-state index in [2.05, 4.69) is 10.6 Å². The van der Waals surface area contributed by atoms with Crippen molar-refractivity contribution in [1.29, 1.82) is 0 Å². The second-order valence-electron chi connectivity index (χ2n) is 8.52. The molecule has 0 aliphatic carbocycles. The van der Waals surface area contributed by atoms with Gasteiger partial charge in [-0.1, -0.05) is 30.3 Å². The summed E-state index contributed by atoms with van der Waals surface area (Å²) in [6.45, 7) is 4.48. The molecule has 0 saturated carbocycles. The monoisotopic (exact) mass is 463 g/mol. The Morgan fingerprint density at radius 3 is 2.39 bits per heavy atom. The fourth-order valence-corrected chi connectivity index (χ4v) is 3.32. The largest absolute Gasteiger partial charge is 0.480 e. The maximum atomic E-state index is 13.2. The van der Waals surface area contributed by atoms with E-state index < -0.39 is 54.3 Å². The molecule has 11 heteroatoms. The van der Waals surface area contributed by atoms with Gasteiger partial charge in [-0.2, -0.15) is 0 Å². The van der Waals surface area contributed by atoms with Gasteiger partial charge in [0.05, 0.1) is 12.6 Å². The van der Waals surface area contributed by atoms with Crippen LogP contribution in [-0.2, 0) is 30.5 Å². The molecule has 2 rings (SSSR count). The highest BCUT2D eigenvalue weighted by Gasteiger charge is 2.43. The minimum Gasteiger partial charge on any atom is -0.480 e. The third-order valence-corrected chi connectivity index (χ3v) is 4.78. The summed E-state index contributed by atoms with van der Waals surface area (Å²) in [7, 11) is 0. The maximum absolute atomic E-state index is 13.2. The van der Waals surface area contributed by atoms with Gasteiger partial charge in [-0.15, -0.1) is 0 Å². The van der Waals surface area contributed by atoms with Crippen molar-refractivity contribution >= 4 is 30.3 Å². The van der Waals surface area contributed by atoms with Crippen LogP contribution in [0.15, 0.2) is 30.3 Å². The molecule has 0 unspecified atom stereocenters. The van der Waals surface area contributed by atoms with Gasteiger partial charge in [0, 0.05) is 0 Å². The standard InChI is InChI=1S/C22H29N3O8/c1-22(2,3)33-21(31)24-16(11-23-20(30)32-13-14-7-5-4-6-8-14)18(27)25-15(12-26)9-10-17(25)19(28)29/h4-8,12,15-17H,9-11,13H2,1-3H3,(H,23,30)(H,24,31)(H,28,29)/t15-,16+,17+/m1/s1. The molecule has 3 N–H and O–H groups in total. The Bertz CT molecular complexity index is 868. The van der Waals surface area contributed by atoms with Gasteiger partial charge >= 0.3 is 18.2 Å². The highest BCUT2D eigenvalue weighted by molar-refractivity contribution is 5.92. The number of carbonyl (C=O) groups excluding carboxylic acids is 4. The number of ether oxygens (including phenoxy) is 2. The van der Waals surface area contributed by atoms with E-state index in [1.807, 2.05) is 6.07 Å². The molecular weight excluding hydrogens is 434 g/mol. The van der Waals surface area contributed by atoms with Crippen molar-refractivity contribution < 1.29 is 38.6 Å². The zero-order valence-electron chi connectivity index (χ0n) is 18.8. The smallest absolute Gasteiger partial charge is 0.408 e. The molecule has 3 amide bonds. The van der Waals surface area contributed by atoms with E-state index >= 15 is 0 Å². The van der Waals surface area contributed by atoms with Crippen LogP contribution in [0.3, 0.4) is 0 Å². The number of amides is 3. The molecule has 11 nitrogen and oxygen atoms in total. The van der Waals surface area contributed by atoms with Crippen molar-refractivity contribution in [3.8, 4) is 0 Å². The van der Waals surface area contributed by atoms with E-state index in [4.69, 9.17) is 9.47 Å². The quantitative estimate of drug-likeness (QED) is 0.490. The molecule has 0 radical (unpaired) electrons. The van der Waals surface area contributed by atoms with Crippen molar-refractivity contribution in [1.82, 2.24) is 15.5 Å². The lowest BCUT2D eigenvalue weighted by molar-refractivity contribution is -0.151. The van der Waals surface area contributed by atoms with Crippen molar-refractivity contribution in [3.63, 3.8) is 0 Å². The van der Waals surface area contributed by atoms with E-state index in [-0.39, 0.29) is 19.4 Å². The van der Waals surface area contributed by atoms with Crippen LogP contribution >= 0.6 is 0 Å². The second-order valence-corrected chi connectivity index (χ2v) is 8.52. The lowest BCUT2D eigenvalue weighted by Crippen LogP contribution is -2.58. The highest BCUT2D eigenvalue weighted by Crippen LogP contribution is 2.24. The Kier molecular flexibility index (Phi) is 8.78. The lowest BCUT2D eigenvalue weighted by atomic mass is 10.2. The third-order valence-electron chi connectivity index (χ3n) is 4.78. The topological polar surface area (TPSA) is 151 Å². The molecule has 1 fully saturated rings. The van der Waals surface area contributed by atoms with E-state index in [1.165, 1.54) is 0 Å². The average molecular weight is 463 g/mol. The molecule has 0 spiro atoms. The number of benzene rings is 1. The Morgan fingerprint density at radius 1 is 1.15 bits per heavy atom. The first-order valence-corrected chi connectivity index (χ1v) is 10.5. The molecule has 1 heterocycles. The zero-order valence-corrected chi connectivity index (χ0v) is 18.8. The van der Waals surface area contributed by atoms with Crippen LogP contribution in [0.5, 0.6) is 0 Å². The molecule has 0 bridgehead atoms. The van der Waals surface area contributed by atoms with Gasteiger partial charge in [-0.05, 0) is 39.2 Å². The number of hydrogen-bond acceptors (Lipinski definition) is 7. The first-order chi connectivity index (χ1) is 15.5. The van der Waals surface area contributed by atoms with Crippen molar-refractivity contribution in [2.45, 2.75) is 63.9 Å². The van der Waals surface area contributed by atoms with Gasteiger partial charge in [0.15, 0.2) is 0 Å². The summed E-state index contributed by atoms with van der Waals surface area (Å²) in [5.41, 5.74) is -0.107. The van der Waals surface area contributed by atoms with Crippen molar-refractivity contribution in [2.75, 3.05) is 6.54 Å². The predicted octanol–water partition coefficient (Wildman–Crippen LogP) is 1.45. The molecule has 1 aromatic carbocycles. The molecule has 0 aromatic heterocycles. The summed E-state index contributed by atoms with van der Waals surface area (Å²) in [5.74, 6) is -2.09. The number of likely N-dealkylation sites (tertiary alicyclic amines) is 1. The van der Waals surface area contributed by atoms with E-state index in [1.54, 1.807) is 45.0 Å². The van der Waals surface area contributed by atoms with Gasteiger partial charge < -0.3 is 34.9 Å². The van der Waals surface area contributed by atoms with Crippen LogP contribution in [0.25, 0.3) is 0 Å². The SMILES string of the molecule is CC(C)(C)OC(=O)N[C@@H](CNC(=O)OCc1ccccc1)C(=O)N1[C@@H](C=O)CC[C@H]1C(=O)O. The highest BCUT2D eigenvalue weighted by atomic mass is 16.6. The number of nitrogens with zero attached hydrogens (tertiary/aromatic N) is 1. The molecule has 1 aliphatic heterocycles. The van der Waals surface area contributed by atoms with Crippen LogP contribution in [0.1, 0.15) is 39.2 Å². The number of carboxylic acid groups (broad SMARTS) is 1. The summed E-state index contributed by atoms with van der Waals surface area (Å²) < 4.78 is 10.3. The second kappa shape index (κ2) is 11.3. The van der Waals surface area contributed by atoms with E-state index in [9.17, 15) is 29.1 Å². The number of nitrogens with one attached hydrogen (secondary N) is 2. The van der Waals surface area contributed by atoms with Gasteiger partial charge in [0.25, 0.3) is 0 Å². The summed E-state index contributed by atoms with van der Waals surface area (Å²) in [6.07, 6.45) is -1.01. The fraction of sp³-hybridized carbons (Fsp3) is 0.500. The average Bonchev–Trinajstić information content (AvgIpc) is 3.18. The molecular formula is C22H29N3O8. The van der Waals surface area contributed by atoms with Crippen molar-refractivity contribution in [2.24, 2.45) is 0 Å². The Hall–Kier alpha value is -3.63. The summed E-state index contributed by atoms with van der Waals surface area (Å²) in [6, 6.07) is 5.37. The van der Waals surface area contributed by atoms with Gasteiger partial charge in [0.2, 0.25) is 5.91 Å². The third kappa shape index (κ3) is 7.78. The van der Waals surface area contributed by atoms with Crippen LogP contribution in [0, 0.1) is 0 Å². The number of aldehydes is 1. The van der Waals surface area contributed by atoms with Crippen LogP contribution in [0.2, 0.25) is 0 Å². The molecule has 180 valence electrons. The lowest BCUT2D eigenvalue weighted by Gasteiger charge is -2.30. The van der Waals surface area contributed by atoms with Crippen LogP contribution in [-0.4, -0.2) is 70.6 Å². The van der Waals surface area contributed by atoms with Gasteiger partial charge in [-0.3, -0.25) is 4.79 Å². The minimum absolute atomic E-state index is 0.00872. The Morgan fingerprint density at radius 2 is 1.82 bits per heavy atom. The number of carbonyl (C=O) groups is 5. The first-order valence-electron chi connectivity index (χ1n) is 10.5. The molecule has 3 atom stereocenters. The number of rotatable bonds is 8. The molecule has 1 saturated heterocycles. The number of carboxylic acids is 1. The summed E-state index contributed by atoms with van der Waals surface area (Å²) in [4.78, 5) is 61.5. The van der Waals surface area contributed by atoms with Crippen LogP contribution < -0.4 is 10.6 Å². The van der Waals surface area contributed by atoms with Crippen molar-refractivity contribution in [3.05, 3.63) is 35.9 Å². The molecule has 33 heavy (non-hydrogen) atoms. The number of hydrogen-bond donors (Lipinski definition) is 3. The normalized spacial score (nSPS) is 18.7. The van der Waals surface area contributed by atoms with Crippen LogP contribution in [0.4, 0.5) is 9.59 Å². The minimum atomic E-state index is -1.38. The zero-order chi connectivity index (χ0) is 24.6. The summed E-state index contributed by atoms with van der Waals surface area (Å²) in [5, 5.41) is 14.2. The molecule has 1 aliphatic rings. The maximum Gasteiger partial charge on any atom is 0.408 e. The summed E-state index contributed by atoms with van der Waals surface area (Å²) >= 11 is 0.